The van der Waals surface area contributed by atoms with E-state index in [0.29, 0.717) is 29.9 Å². The predicted molar refractivity (Wildman–Crippen MR) is 136 cm³/mol. The monoisotopic (exact) mass is 469 g/mol. The van der Waals surface area contributed by atoms with Crippen LogP contribution in [0.3, 0.4) is 0 Å². The third-order valence-corrected chi connectivity index (χ3v) is 11.1. The molecule has 5 rings (SSSR count). The van der Waals surface area contributed by atoms with Crippen molar-refractivity contribution in [2.45, 2.75) is 110 Å². The molecule has 3 aliphatic carbocycles. The van der Waals surface area contributed by atoms with E-state index in [1.54, 1.807) is 11.1 Å². The number of piperidine rings is 1. The molecule has 4 heteroatoms. The standard InChI is InChI=1S/C30H47NO3/c1-5-12-29(4)22(11-16-32)8-9-24-23-10-13-30(19-20(2)25(23)18-26(24)29)21(3)28-27(34-30)7-6-14-31(28)15-17-33/h11,16,21,23-24,26-28,33H,5-10,12-15,17-19H2,1-4H3/b22-11-. The highest BCUT2D eigenvalue weighted by molar-refractivity contribution is 5.66. The summed E-state index contributed by atoms with van der Waals surface area (Å²) in [7, 11) is 0. The summed E-state index contributed by atoms with van der Waals surface area (Å²) in [6.07, 6.45) is 15.1. The summed E-state index contributed by atoms with van der Waals surface area (Å²) in [4.78, 5) is 14.0. The van der Waals surface area contributed by atoms with Gasteiger partial charge in [-0.1, -0.05) is 43.9 Å². The van der Waals surface area contributed by atoms with Gasteiger partial charge in [0, 0.05) is 18.5 Å². The summed E-state index contributed by atoms with van der Waals surface area (Å²) in [6.45, 7) is 11.7. The number of allylic oxidation sites excluding steroid dienone is 3. The molecule has 0 amide bonds. The first kappa shape index (κ1) is 24.7. The molecule has 2 saturated carbocycles. The van der Waals surface area contributed by atoms with Gasteiger partial charge in [0.1, 0.15) is 6.29 Å². The molecule has 0 aromatic carbocycles. The summed E-state index contributed by atoms with van der Waals surface area (Å²) in [5, 5.41) is 9.65. The van der Waals surface area contributed by atoms with Crippen LogP contribution in [0.25, 0.3) is 0 Å². The fourth-order valence-electron chi connectivity index (χ4n) is 9.59. The molecule has 0 radical (unpaired) electrons. The number of ether oxygens (including phenoxy) is 1. The molecule has 1 spiro atoms. The quantitative estimate of drug-likeness (QED) is 0.319. The number of aliphatic hydroxyl groups excluding tert-OH is 1. The van der Waals surface area contributed by atoms with Gasteiger partial charge >= 0.3 is 0 Å². The van der Waals surface area contributed by atoms with Crippen LogP contribution < -0.4 is 0 Å². The lowest BCUT2D eigenvalue weighted by atomic mass is 9.58. The lowest BCUT2D eigenvalue weighted by Crippen LogP contribution is -2.50. The fourth-order valence-corrected chi connectivity index (χ4v) is 9.59. The molecule has 2 heterocycles. The van der Waals surface area contributed by atoms with Crippen LogP contribution in [0.1, 0.15) is 91.9 Å². The van der Waals surface area contributed by atoms with E-state index < -0.39 is 0 Å². The topological polar surface area (TPSA) is 49.8 Å². The van der Waals surface area contributed by atoms with Crippen molar-refractivity contribution in [2.75, 3.05) is 19.7 Å². The first-order valence-corrected chi connectivity index (χ1v) is 14.2. The largest absolute Gasteiger partial charge is 0.395 e. The van der Waals surface area contributed by atoms with E-state index >= 15 is 0 Å². The van der Waals surface area contributed by atoms with E-state index in [0.717, 1.165) is 38.1 Å². The van der Waals surface area contributed by atoms with Gasteiger partial charge in [0.2, 0.25) is 0 Å². The number of carbonyl (C=O) groups is 1. The van der Waals surface area contributed by atoms with E-state index in [1.807, 2.05) is 6.08 Å². The molecule has 2 aliphatic heterocycles. The molecule has 1 N–H and O–H groups in total. The predicted octanol–water partition coefficient (Wildman–Crippen LogP) is 5.70. The molecule has 0 aromatic rings. The molecule has 0 bridgehead atoms. The van der Waals surface area contributed by atoms with Gasteiger partial charge in [-0.2, -0.15) is 0 Å². The number of aldehydes is 1. The SMILES string of the molecule is CCCC1(C)/C(=C\C=O)CCC2C3CCC4(CC(C)=C3CC21)OC1CCCN(CCO)C1C4C. The summed E-state index contributed by atoms with van der Waals surface area (Å²) < 4.78 is 7.06. The smallest absolute Gasteiger partial charge is 0.142 e. The zero-order valence-electron chi connectivity index (χ0n) is 22.0. The third kappa shape index (κ3) is 3.78. The zero-order valence-corrected chi connectivity index (χ0v) is 22.0. The Hall–Kier alpha value is -0.970. The van der Waals surface area contributed by atoms with E-state index in [9.17, 15) is 9.90 Å². The van der Waals surface area contributed by atoms with Gasteiger partial charge in [0.15, 0.2) is 0 Å². The van der Waals surface area contributed by atoms with Gasteiger partial charge in [0.05, 0.1) is 18.3 Å². The van der Waals surface area contributed by atoms with Gasteiger partial charge in [-0.15, -0.1) is 0 Å². The van der Waals surface area contributed by atoms with E-state index in [2.05, 4.69) is 32.6 Å². The van der Waals surface area contributed by atoms with Crippen molar-refractivity contribution in [3.8, 4) is 0 Å². The van der Waals surface area contributed by atoms with Crippen LogP contribution in [0.4, 0.5) is 0 Å². The van der Waals surface area contributed by atoms with Gasteiger partial charge in [-0.3, -0.25) is 9.69 Å². The fraction of sp³-hybridized carbons (Fsp3) is 0.833. The van der Waals surface area contributed by atoms with Crippen LogP contribution in [-0.4, -0.2) is 53.7 Å². The van der Waals surface area contributed by atoms with Crippen molar-refractivity contribution in [1.82, 2.24) is 4.90 Å². The minimum atomic E-state index is -0.0335. The van der Waals surface area contributed by atoms with Gasteiger partial charge in [0.25, 0.3) is 0 Å². The van der Waals surface area contributed by atoms with Crippen molar-refractivity contribution in [3.63, 3.8) is 0 Å². The van der Waals surface area contributed by atoms with Crippen LogP contribution in [-0.2, 0) is 9.53 Å². The number of likely N-dealkylation sites (tertiary alicyclic amines) is 1. The summed E-state index contributed by atoms with van der Waals surface area (Å²) in [5.41, 5.74) is 4.91. The van der Waals surface area contributed by atoms with Crippen LogP contribution in [0, 0.1) is 29.1 Å². The second-order valence-electron chi connectivity index (χ2n) is 12.5. The van der Waals surface area contributed by atoms with Gasteiger partial charge < -0.3 is 9.84 Å². The molecule has 4 nitrogen and oxygen atoms in total. The lowest BCUT2D eigenvalue weighted by Gasteiger charge is -2.47. The molecule has 5 aliphatic rings. The maximum atomic E-state index is 11.4. The number of fused-ring (bicyclic) bond motifs is 4. The molecule has 2 saturated heterocycles. The molecular formula is C30H47NO3. The molecule has 190 valence electrons. The number of hydrogen-bond acceptors (Lipinski definition) is 4. The number of hydrogen-bond donors (Lipinski definition) is 1. The third-order valence-electron chi connectivity index (χ3n) is 11.1. The molecule has 0 aromatic heterocycles. The minimum Gasteiger partial charge on any atom is -0.395 e. The van der Waals surface area contributed by atoms with E-state index in [1.165, 1.54) is 56.9 Å². The lowest BCUT2D eigenvalue weighted by molar-refractivity contribution is -0.104. The van der Waals surface area contributed by atoms with E-state index in [-0.39, 0.29) is 17.6 Å². The number of aliphatic hydroxyl groups is 1. The Bertz CT molecular complexity index is 846. The Kier molecular flexibility index (Phi) is 6.89. The maximum absolute atomic E-state index is 11.4. The molecule has 8 atom stereocenters. The summed E-state index contributed by atoms with van der Waals surface area (Å²) in [6, 6.07) is 0.461. The van der Waals surface area contributed by atoms with Crippen LogP contribution in [0.5, 0.6) is 0 Å². The highest BCUT2D eigenvalue weighted by Gasteiger charge is 2.58. The number of β-amino-alcohol motifs (C(OH)–C–C–N with tert-alkyl or cyclic N) is 1. The number of nitrogens with zero attached hydrogens (tertiary/aromatic N) is 1. The Labute approximate surface area is 207 Å². The van der Waals surface area contributed by atoms with Crippen molar-refractivity contribution in [1.29, 1.82) is 0 Å². The second kappa shape index (κ2) is 9.48. The Balaban J connectivity index is 1.43. The zero-order chi connectivity index (χ0) is 24.1. The van der Waals surface area contributed by atoms with Gasteiger partial charge in [-0.25, -0.2) is 0 Å². The van der Waals surface area contributed by atoms with Crippen LogP contribution in [0.2, 0.25) is 0 Å². The molecule has 34 heavy (non-hydrogen) atoms. The van der Waals surface area contributed by atoms with Crippen LogP contribution >= 0.6 is 0 Å². The van der Waals surface area contributed by atoms with Crippen molar-refractivity contribution >= 4 is 6.29 Å². The number of rotatable bonds is 5. The first-order chi connectivity index (χ1) is 16.4. The normalized spacial score (nSPS) is 45.9. The summed E-state index contributed by atoms with van der Waals surface area (Å²) in [5.74, 6) is 2.64. The van der Waals surface area contributed by atoms with Crippen molar-refractivity contribution < 1.29 is 14.6 Å². The Morgan fingerprint density at radius 1 is 1.26 bits per heavy atom. The average Bonchev–Trinajstić information content (AvgIpc) is 3.27. The molecular weight excluding hydrogens is 422 g/mol. The highest BCUT2D eigenvalue weighted by atomic mass is 16.5. The average molecular weight is 470 g/mol. The molecule has 4 fully saturated rings. The van der Waals surface area contributed by atoms with Gasteiger partial charge in [-0.05, 0) is 101 Å². The summed E-state index contributed by atoms with van der Waals surface area (Å²) >= 11 is 0. The van der Waals surface area contributed by atoms with Crippen LogP contribution in [0.15, 0.2) is 22.8 Å². The Morgan fingerprint density at radius 2 is 2.09 bits per heavy atom. The minimum absolute atomic E-state index is 0.0335. The Morgan fingerprint density at radius 3 is 2.82 bits per heavy atom. The highest BCUT2D eigenvalue weighted by Crippen LogP contribution is 2.63. The number of carbonyl (C=O) groups excluding carboxylic acids is 1. The van der Waals surface area contributed by atoms with Crippen molar-refractivity contribution in [2.24, 2.45) is 29.1 Å². The maximum Gasteiger partial charge on any atom is 0.142 e. The molecule has 8 unspecified atom stereocenters. The van der Waals surface area contributed by atoms with E-state index in [4.69, 9.17) is 4.74 Å². The van der Waals surface area contributed by atoms with Crippen molar-refractivity contribution in [3.05, 3.63) is 22.8 Å². The first-order valence-electron chi connectivity index (χ1n) is 14.2. The second-order valence-corrected chi connectivity index (χ2v) is 12.5.